The van der Waals surface area contributed by atoms with Crippen molar-refractivity contribution in [3.63, 3.8) is 0 Å². The second-order valence-electron chi connectivity index (χ2n) is 5.95. The van der Waals surface area contributed by atoms with E-state index in [-0.39, 0.29) is 6.09 Å². The Hall–Kier alpha value is -1.72. The van der Waals surface area contributed by atoms with Gasteiger partial charge in [-0.25, -0.2) is 9.48 Å². The molecule has 0 atom stereocenters. The van der Waals surface area contributed by atoms with Gasteiger partial charge in [0, 0.05) is 6.54 Å². The molecule has 0 unspecified atom stereocenters. The van der Waals surface area contributed by atoms with Crippen molar-refractivity contribution in [3.8, 4) is 5.88 Å². The molecule has 6 heteroatoms. The first-order valence-corrected chi connectivity index (χ1v) is 7.06. The van der Waals surface area contributed by atoms with Gasteiger partial charge in [0.25, 0.3) is 0 Å². The minimum absolute atomic E-state index is 0.308. The summed E-state index contributed by atoms with van der Waals surface area (Å²) >= 11 is 0. The molecule has 1 aromatic rings. The first kappa shape index (κ1) is 14.7. The summed E-state index contributed by atoms with van der Waals surface area (Å²) in [6, 6.07) is 0. The highest BCUT2D eigenvalue weighted by Crippen LogP contribution is 2.24. The third-order valence-corrected chi connectivity index (χ3v) is 2.91. The van der Waals surface area contributed by atoms with E-state index in [9.17, 15) is 4.79 Å². The number of aromatic nitrogens is 2. The molecule has 6 nitrogen and oxygen atoms in total. The number of ether oxygens (including phenoxy) is 2. The number of hydrogen-bond donors (Lipinski definition) is 0. The highest BCUT2D eigenvalue weighted by atomic mass is 16.6. The van der Waals surface area contributed by atoms with Crippen molar-refractivity contribution in [1.29, 1.82) is 0 Å². The lowest BCUT2D eigenvalue weighted by atomic mass is 10.2. The number of fused-ring (bicyclic) bond motifs is 1. The smallest absolute Gasteiger partial charge is 0.410 e. The Morgan fingerprint density at radius 3 is 2.90 bits per heavy atom. The molecule has 1 amide bonds. The van der Waals surface area contributed by atoms with Crippen molar-refractivity contribution >= 4 is 6.09 Å². The van der Waals surface area contributed by atoms with E-state index < -0.39 is 5.60 Å². The lowest BCUT2D eigenvalue weighted by Crippen LogP contribution is -2.37. The van der Waals surface area contributed by atoms with Gasteiger partial charge in [-0.1, -0.05) is 6.92 Å². The number of nitrogens with zero attached hydrogens (tertiary/aromatic N) is 3. The molecule has 0 saturated carbocycles. The topological polar surface area (TPSA) is 56.6 Å². The maximum Gasteiger partial charge on any atom is 0.410 e. The number of rotatable bonds is 2. The van der Waals surface area contributed by atoms with Gasteiger partial charge in [0.2, 0.25) is 5.88 Å². The summed E-state index contributed by atoms with van der Waals surface area (Å²) in [5.74, 6) is 0.776. The Balaban J connectivity index is 2.10. The molecule has 2 rings (SSSR count). The summed E-state index contributed by atoms with van der Waals surface area (Å²) in [6.07, 6.45) is 2.46. The summed E-state index contributed by atoms with van der Waals surface area (Å²) in [6.45, 7) is 9.97. The standard InChI is InChI=1S/C14H23N3O3/c1-5-6-17-12-11(9-15-17)10-16(7-8-19-12)13(18)20-14(2,3)4/h9H,5-8,10H2,1-4H3. The highest BCUT2D eigenvalue weighted by molar-refractivity contribution is 5.68. The van der Waals surface area contributed by atoms with Crippen LogP contribution in [0.5, 0.6) is 5.88 Å². The average molecular weight is 281 g/mol. The van der Waals surface area contributed by atoms with Gasteiger partial charge < -0.3 is 14.4 Å². The number of carbonyl (C=O) groups is 1. The van der Waals surface area contributed by atoms with E-state index in [1.165, 1.54) is 0 Å². The molecule has 0 aromatic carbocycles. The molecule has 1 aromatic heterocycles. The highest BCUT2D eigenvalue weighted by Gasteiger charge is 2.26. The third-order valence-electron chi connectivity index (χ3n) is 2.91. The zero-order chi connectivity index (χ0) is 14.8. The van der Waals surface area contributed by atoms with Crippen molar-refractivity contribution in [2.45, 2.75) is 52.8 Å². The number of aryl methyl sites for hydroxylation is 1. The minimum Gasteiger partial charge on any atom is -0.476 e. The zero-order valence-electron chi connectivity index (χ0n) is 12.7. The molecule has 0 spiro atoms. The molecule has 1 aliphatic rings. The van der Waals surface area contributed by atoms with Crippen LogP contribution in [0.2, 0.25) is 0 Å². The summed E-state index contributed by atoms with van der Waals surface area (Å²) < 4.78 is 13.0. The maximum absolute atomic E-state index is 12.1. The lowest BCUT2D eigenvalue weighted by molar-refractivity contribution is 0.0224. The fourth-order valence-corrected chi connectivity index (χ4v) is 2.08. The number of hydrogen-bond acceptors (Lipinski definition) is 4. The molecule has 0 saturated heterocycles. The Morgan fingerprint density at radius 1 is 1.50 bits per heavy atom. The summed E-state index contributed by atoms with van der Waals surface area (Å²) in [5.41, 5.74) is 0.446. The number of amides is 1. The summed E-state index contributed by atoms with van der Waals surface area (Å²) in [5, 5.41) is 4.31. The minimum atomic E-state index is -0.487. The van der Waals surface area contributed by atoms with Crippen LogP contribution < -0.4 is 4.74 Å². The van der Waals surface area contributed by atoms with Crippen LogP contribution in [-0.4, -0.2) is 39.5 Å². The van der Waals surface area contributed by atoms with E-state index >= 15 is 0 Å². The molecule has 1 aliphatic heterocycles. The largest absolute Gasteiger partial charge is 0.476 e. The van der Waals surface area contributed by atoms with Gasteiger partial charge >= 0.3 is 6.09 Å². The molecule has 0 fully saturated rings. The Bertz CT molecular complexity index is 476. The monoisotopic (exact) mass is 281 g/mol. The summed E-state index contributed by atoms with van der Waals surface area (Å²) in [4.78, 5) is 13.8. The molecule has 2 heterocycles. The van der Waals surface area contributed by atoms with Gasteiger partial charge in [-0.15, -0.1) is 0 Å². The van der Waals surface area contributed by atoms with Crippen molar-refractivity contribution < 1.29 is 14.3 Å². The van der Waals surface area contributed by atoms with Crippen molar-refractivity contribution in [2.24, 2.45) is 0 Å². The Labute approximate surface area is 119 Å². The first-order valence-electron chi connectivity index (χ1n) is 7.06. The van der Waals surface area contributed by atoms with Crippen LogP contribution in [0.25, 0.3) is 0 Å². The second-order valence-corrected chi connectivity index (χ2v) is 5.95. The molecule has 0 aliphatic carbocycles. The molecule has 0 N–H and O–H groups in total. The lowest BCUT2D eigenvalue weighted by Gasteiger charge is -2.25. The fraction of sp³-hybridized carbons (Fsp3) is 0.714. The molecule has 20 heavy (non-hydrogen) atoms. The Kier molecular flexibility index (Phi) is 4.20. The van der Waals surface area contributed by atoms with E-state index in [1.54, 1.807) is 11.1 Å². The second kappa shape index (κ2) is 5.73. The number of carbonyl (C=O) groups excluding carboxylic acids is 1. The molecule has 0 bridgehead atoms. The van der Waals surface area contributed by atoms with Crippen LogP contribution in [0.15, 0.2) is 6.20 Å². The van der Waals surface area contributed by atoms with E-state index in [0.717, 1.165) is 24.4 Å². The summed E-state index contributed by atoms with van der Waals surface area (Å²) in [7, 11) is 0. The van der Waals surface area contributed by atoms with E-state index in [4.69, 9.17) is 9.47 Å². The maximum atomic E-state index is 12.1. The molecule has 0 radical (unpaired) electrons. The van der Waals surface area contributed by atoms with Crippen molar-refractivity contribution in [2.75, 3.05) is 13.2 Å². The average Bonchev–Trinajstić information content (AvgIpc) is 2.59. The van der Waals surface area contributed by atoms with Gasteiger partial charge in [-0.05, 0) is 27.2 Å². The quantitative estimate of drug-likeness (QED) is 0.835. The molecule has 112 valence electrons. The van der Waals surface area contributed by atoms with Gasteiger partial charge in [-0.2, -0.15) is 5.10 Å². The molecular weight excluding hydrogens is 258 g/mol. The van der Waals surface area contributed by atoms with Gasteiger partial charge in [0.05, 0.1) is 24.8 Å². The van der Waals surface area contributed by atoms with Gasteiger partial charge in [-0.3, -0.25) is 0 Å². The van der Waals surface area contributed by atoms with E-state index in [2.05, 4.69) is 12.0 Å². The predicted molar refractivity (Wildman–Crippen MR) is 74.7 cm³/mol. The van der Waals surface area contributed by atoms with Crippen LogP contribution in [0.4, 0.5) is 4.79 Å². The van der Waals surface area contributed by atoms with Crippen LogP contribution in [-0.2, 0) is 17.8 Å². The van der Waals surface area contributed by atoms with Crippen molar-refractivity contribution in [1.82, 2.24) is 14.7 Å². The zero-order valence-corrected chi connectivity index (χ0v) is 12.7. The van der Waals surface area contributed by atoms with Crippen LogP contribution >= 0.6 is 0 Å². The third kappa shape index (κ3) is 3.43. The Morgan fingerprint density at radius 2 is 2.25 bits per heavy atom. The van der Waals surface area contributed by atoms with E-state index in [1.807, 2.05) is 25.5 Å². The van der Waals surface area contributed by atoms with Gasteiger partial charge in [0.1, 0.15) is 12.2 Å². The van der Waals surface area contributed by atoms with E-state index in [0.29, 0.717) is 19.7 Å². The fourth-order valence-electron chi connectivity index (χ4n) is 2.08. The first-order chi connectivity index (χ1) is 9.40. The molecular formula is C14H23N3O3. The van der Waals surface area contributed by atoms with Crippen LogP contribution in [0.1, 0.15) is 39.7 Å². The normalized spacial score (nSPS) is 15.3. The van der Waals surface area contributed by atoms with Crippen LogP contribution in [0.3, 0.4) is 0 Å². The SMILES string of the molecule is CCCn1ncc2c1OCCN(C(=O)OC(C)(C)C)C2. The van der Waals surface area contributed by atoms with Crippen LogP contribution in [0, 0.1) is 0 Å². The van der Waals surface area contributed by atoms with Gasteiger partial charge in [0.15, 0.2) is 0 Å². The van der Waals surface area contributed by atoms with Crippen molar-refractivity contribution in [3.05, 3.63) is 11.8 Å². The predicted octanol–water partition coefficient (Wildman–Crippen LogP) is 2.42.